The van der Waals surface area contributed by atoms with Crippen molar-refractivity contribution in [2.24, 2.45) is 11.7 Å². The van der Waals surface area contributed by atoms with Gasteiger partial charge < -0.3 is 20.7 Å². The van der Waals surface area contributed by atoms with Crippen LogP contribution in [0.5, 0.6) is 0 Å². The molecule has 3 N–H and O–H groups in total. The van der Waals surface area contributed by atoms with Gasteiger partial charge in [0, 0.05) is 19.2 Å². The number of rotatable bonds is 9. The molecule has 5 nitrogen and oxygen atoms in total. The topological polar surface area (TPSA) is 67.6 Å². The van der Waals surface area contributed by atoms with Gasteiger partial charge >= 0.3 is 0 Å². The van der Waals surface area contributed by atoms with Gasteiger partial charge in [-0.15, -0.1) is 0 Å². The molecule has 20 heavy (non-hydrogen) atoms. The molecule has 2 aliphatic carbocycles. The number of hydrogen-bond acceptors (Lipinski definition) is 4. The zero-order valence-corrected chi connectivity index (χ0v) is 12.9. The molecular weight excluding hydrogens is 254 g/mol. The van der Waals surface area contributed by atoms with E-state index in [4.69, 9.17) is 10.5 Å². The van der Waals surface area contributed by atoms with Crippen LogP contribution in [0.4, 0.5) is 0 Å². The lowest BCUT2D eigenvalue weighted by molar-refractivity contribution is -0.124. The number of carbonyl (C=O) groups is 1. The van der Waals surface area contributed by atoms with Crippen molar-refractivity contribution in [3.8, 4) is 0 Å². The smallest absolute Gasteiger partial charge is 0.237 e. The lowest BCUT2D eigenvalue weighted by atomic mass is 9.96. The third kappa shape index (κ3) is 3.93. The predicted molar refractivity (Wildman–Crippen MR) is 79.4 cm³/mol. The molecule has 2 saturated carbocycles. The van der Waals surface area contributed by atoms with Gasteiger partial charge in [0.2, 0.25) is 5.91 Å². The maximum Gasteiger partial charge on any atom is 0.237 e. The number of amides is 1. The van der Waals surface area contributed by atoms with Gasteiger partial charge in [-0.1, -0.05) is 6.92 Å². The molecule has 2 rings (SSSR count). The summed E-state index contributed by atoms with van der Waals surface area (Å²) in [6.45, 7) is 5.44. The molecule has 116 valence electrons. The molecular formula is C15H29N3O2. The van der Waals surface area contributed by atoms with Gasteiger partial charge in [0.1, 0.15) is 0 Å². The van der Waals surface area contributed by atoms with Gasteiger partial charge in [0.15, 0.2) is 0 Å². The SMILES string of the molecule is CCNC1(C(N)=O)CCC(N(C)CCOCC2CC2)C1. The van der Waals surface area contributed by atoms with Crippen molar-refractivity contribution < 1.29 is 9.53 Å². The zero-order chi connectivity index (χ0) is 14.6. The Labute approximate surface area is 122 Å². The number of ether oxygens (including phenoxy) is 1. The minimum atomic E-state index is -0.497. The van der Waals surface area contributed by atoms with E-state index in [1.54, 1.807) is 0 Å². The highest BCUT2D eigenvalue weighted by Crippen LogP contribution is 2.32. The lowest BCUT2D eigenvalue weighted by Gasteiger charge is -2.29. The van der Waals surface area contributed by atoms with Crippen LogP contribution < -0.4 is 11.1 Å². The van der Waals surface area contributed by atoms with Crippen LogP contribution in [0.25, 0.3) is 0 Å². The van der Waals surface area contributed by atoms with E-state index in [2.05, 4.69) is 17.3 Å². The van der Waals surface area contributed by atoms with Crippen molar-refractivity contribution in [1.82, 2.24) is 10.2 Å². The van der Waals surface area contributed by atoms with E-state index in [9.17, 15) is 4.79 Å². The molecule has 5 heteroatoms. The fraction of sp³-hybridized carbons (Fsp3) is 0.933. The summed E-state index contributed by atoms with van der Waals surface area (Å²) in [7, 11) is 2.12. The van der Waals surface area contributed by atoms with Crippen molar-refractivity contribution in [1.29, 1.82) is 0 Å². The highest BCUT2D eigenvalue weighted by molar-refractivity contribution is 5.85. The maximum atomic E-state index is 11.7. The van der Waals surface area contributed by atoms with E-state index < -0.39 is 5.54 Å². The second kappa shape index (κ2) is 6.87. The Morgan fingerprint density at radius 3 is 2.80 bits per heavy atom. The number of likely N-dealkylation sites (N-methyl/N-ethyl adjacent to an activating group) is 2. The summed E-state index contributed by atoms with van der Waals surface area (Å²) >= 11 is 0. The fourth-order valence-corrected chi connectivity index (χ4v) is 3.13. The minimum absolute atomic E-state index is 0.208. The molecule has 0 heterocycles. The molecule has 0 saturated heterocycles. The normalized spacial score (nSPS) is 30.1. The number of nitrogens with zero attached hydrogens (tertiary/aromatic N) is 1. The molecule has 0 bridgehead atoms. The van der Waals surface area contributed by atoms with Gasteiger partial charge in [-0.2, -0.15) is 0 Å². The quantitative estimate of drug-likeness (QED) is 0.612. The molecule has 1 amide bonds. The van der Waals surface area contributed by atoms with E-state index in [0.717, 1.165) is 51.5 Å². The standard InChI is InChI=1S/C15H29N3O2/c1-3-17-15(14(16)19)7-6-13(10-15)18(2)8-9-20-11-12-4-5-12/h12-13,17H,3-11H2,1-2H3,(H2,16,19). The number of carbonyl (C=O) groups excluding carboxylic acids is 1. The third-order valence-electron chi connectivity index (χ3n) is 4.74. The fourth-order valence-electron chi connectivity index (χ4n) is 3.13. The molecule has 0 aromatic rings. The molecule has 0 aliphatic heterocycles. The molecule has 0 aromatic heterocycles. The molecule has 0 spiro atoms. The first-order valence-corrected chi connectivity index (χ1v) is 7.90. The Bertz CT molecular complexity index is 333. The van der Waals surface area contributed by atoms with Crippen molar-refractivity contribution in [2.75, 3.05) is 33.4 Å². The highest BCUT2D eigenvalue weighted by atomic mass is 16.5. The number of primary amides is 1. The molecule has 2 aliphatic rings. The predicted octanol–water partition coefficient (Wildman–Crippen LogP) is 0.731. The van der Waals surface area contributed by atoms with Crippen molar-refractivity contribution in [3.05, 3.63) is 0 Å². The zero-order valence-electron chi connectivity index (χ0n) is 12.9. The summed E-state index contributed by atoms with van der Waals surface area (Å²) in [6.07, 6.45) is 5.35. The average Bonchev–Trinajstić information content (AvgIpc) is 3.13. The first kappa shape index (κ1) is 15.7. The summed E-state index contributed by atoms with van der Waals surface area (Å²) < 4.78 is 5.69. The number of hydrogen-bond donors (Lipinski definition) is 2. The van der Waals surface area contributed by atoms with Crippen LogP contribution in [0, 0.1) is 5.92 Å². The molecule has 0 aromatic carbocycles. The van der Waals surface area contributed by atoms with Gasteiger partial charge in [-0.3, -0.25) is 4.79 Å². The third-order valence-corrected chi connectivity index (χ3v) is 4.74. The number of nitrogens with two attached hydrogens (primary N) is 1. The van der Waals surface area contributed by atoms with Gasteiger partial charge in [-0.25, -0.2) is 0 Å². The van der Waals surface area contributed by atoms with Crippen LogP contribution >= 0.6 is 0 Å². The Morgan fingerprint density at radius 2 is 2.20 bits per heavy atom. The average molecular weight is 283 g/mol. The Kier molecular flexibility index (Phi) is 5.41. The van der Waals surface area contributed by atoms with E-state index >= 15 is 0 Å². The van der Waals surface area contributed by atoms with Crippen molar-refractivity contribution in [3.63, 3.8) is 0 Å². The Balaban J connectivity index is 1.73. The second-order valence-electron chi connectivity index (χ2n) is 6.37. The molecule has 2 fully saturated rings. The summed E-state index contributed by atoms with van der Waals surface area (Å²) in [6, 6.07) is 0.422. The minimum Gasteiger partial charge on any atom is -0.380 e. The van der Waals surface area contributed by atoms with E-state index in [1.165, 1.54) is 12.8 Å². The summed E-state index contributed by atoms with van der Waals surface area (Å²) in [5.41, 5.74) is 5.10. The molecule has 2 atom stereocenters. The van der Waals surface area contributed by atoms with Gasteiger partial charge in [0.05, 0.1) is 12.1 Å². The van der Waals surface area contributed by atoms with Crippen LogP contribution in [-0.4, -0.2) is 55.7 Å². The highest BCUT2D eigenvalue weighted by Gasteiger charge is 2.44. The monoisotopic (exact) mass is 283 g/mol. The summed E-state index contributed by atoms with van der Waals surface area (Å²) in [5, 5.41) is 3.30. The molecule has 0 radical (unpaired) electrons. The van der Waals surface area contributed by atoms with Crippen LogP contribution in [0.2, 0.25) is 0 Å². The number of nitrogens with one attached hydrogen (secondary N) is 1. The molecule has 2 unspecified atom stereocenters. The first-order chi connectivity index (χ1) is 9.57. The largest absolute Gasteiger partial charge is 0.380 e. The van der Waals surface area contributed by atoms with Crippen LogP contribution in [0.1, 0.15) is 39.0 Å². The van der Waals surface area contributed by atoms with E-state index in [0.29, 0.717) is 6.04 Å². The maximum absolute atomic E-state index is 11.7. The van der Waals surface area contributed by atoms with Crippen LogP contribution in [0.15, 0.2) is 0 Å². The van der Waals surface area contributed by atoms with Crippen molar-refractivity contribution >= 4 is 5.91 Å². The van der Waals surface area contributed by atoms with Crippen LogP contribution in [-0.2, 0) is 9.53 Å². The van der Waals surface area contributed by atoms with Crippen molar-refractivity contribution in [2.45, 2.75) is 50.6 Å². The summed E-state index contributed by atoms with van der Waals surface area (Å²) in [5.74, 6) is 0.614. The van der Waals surface area contributed by atoms with Gasteiger partial charge in [-0.05, 0) is 51.6 Å². The van der Waals surface area contributed by atoms with Gasteiger partial charge in [0.25, 0.3) is 0 Å². The summed E-state index contributed by atoms with van der Waals surface area (Å²) in [4.78, 5) is 14.1. The Morgan fingerprint density at radius 1 is 1.45 bits per heavy atom. The lowest BCUT2D eigenvalue weighted by Crippen LogP contribution is -2.54. The first-order valence-electron chi connectivity index (χ1n) is 7.90. The Hall–Kier alpha value is -0.650. The van der Waals surface area contributed by atoms with Crippen LogP contribution in [0.3, 0.4) is 0 Å². The van der Waals surface area contributed by atoms with E-state index in [1.807, 2.05) is 6.92 Å². The van der Waals surface area contributed by atoms with E-state index in [-0.39, 0.29) is 5.91 Å². The second-order valence-corrected chi connectivity index (χ2v) is 6.37.